The molecule has 0 radical (unpaired) electrons. The Balaban J connectivity index is 1.66. The number of nitrogens with zero attached hydrogens (tertiary/aromatic N) is 2. The van der Waals surface area contributed by atoms with E-state index in [9.17, 15) is 9.59 Å². The molecule has 1 aliphatic heterocycles. The first-order chi connectivity index (χ1) is 15.6. The maximum Gasteiger partial charge on any atom is 0.261 e. The Morgan fingerprint density at radius 3 is 2.66 bits per heavy atom. The van der Waals surface area contributed by atoms with Crippen molar-refractivity contribution in [1.29, 1.82) is 0 Å². The highest BCUT2D eigenvalue weighted by Gasteiger charge is 2.16. The Morgan fingerprint density at radius 1 is 1.03 bits per heavy atom. The van der Waals surface area contributed by atoms with Crippen molar-refractivity contribution >= 4 is 22.5 Å². The number of anilines is 1. The second-order valence-electron chi connectivity index (χ2n) is 7.86. The van der Waals surface area contributed by atoms with Crippen LogP contribution in [0.2, 0.25) is 0 Å². The topological polar surface area (TPSA) is 82.5 Å². The molecule has 0 bridgehead atoms. The average molecular weight is 436 g/mol. The molecule has 32 heavy (non-hydrogen) atoms. The number of aryl methyl sites for hydroxylation is 1. The first kappa shape index (κ1) is 21.9. The number of hydrogen-bond acceptors (Lipinski definition) is 5. The number of nitrogens with one attached hydrogen (secondary N) is 1. The van der Waals surface area contributed by atoms with Crippen molar-refractivity contribution < 1.29 is 14.3 Å². The van der Waals surface area contributed by atoms with Gasteiger partial charge in [-0.2, -0.15) is 0 Å². The van der Waals surface area contributed by atoms with Gasteiger partial charge in [0.1, 0.15) is 17.3 Å². The smallest absolute Gasteiger partial charge is 0.261 e. The van der Waals surface area contributed by atoms with E-state index >= 15 is 0 Å². The maximum atomic E-state index is 13.0. The number of benzene rings is 2. The number of rotatable bonds is 6. The van der Waals surface area contributed by atoms with Crippen LogP contribution in [0.4, 0.5) is 5.69 Å². The Kier molecular flexibility index (Phi) is 6.73. The third kappa shape index (κ3) is 4.61. The molecule has 168 valence electrons. The lowest BCUT2D eigenvalue weighted by Crippen LogP contribution is -2.26. The number of fused-ring (bicyclic) bond motifs is 2. The Hall–Kier alpha value is -3.35. The first-order valence-electron chi connectivity index (χ1n) is 11.3. The van der Waals surface area contributed by atoms with E-state index in [1.165, 1.54) is 0 Å². The summed E-state index contributed by atoms with van der Waals surface area (Å²) in [5.41, 5.74) is 1.50. The number of amides is 1. The standard InChI is InChI=1S/C25H29N3O4/c1-3-31-18-11-13-22(32-4-2)21(16-18)27-24(29)17-10-12-19-20(15-17)26-23-9-7-5-6-8-14-28(23)25(19)30/h10-13,15-16H,3-9,14H2,1-2H3,(H,27,29). The SMILES string of the molecule is CCOc1ccc(OCC)c(NC(=O)c2ccc3c(=O)n4c(nc3c2)CCCCCC4)c1. The minimum atomic E-state index is -0.296. The molecule has 1 aliphatic rings. The van der Waals surface area contributed by atoms with Gasteiger partial charge in [-0.3, -0.25) is 14.2 Å². The summed E-state index contributed by atoms with van der Waals surface area (Å²) in [6.07, 6.45) is 5.08. The van der Waals surface area contributed by atoms with Crippen LogP contribution in [0.1, 0.15) is 55.7 Å². The highest BCUT2D eigenvalue weighted by molar-refractivity contribution is 6.06. The van der Waals surface area contributed by atoms with Gasteiger partial charge in [-0.25, -0.2) is 4.98 Å². The normalized spacial score (nSPS) is 13.7. The summed E-state index contributed by atoms with van der Waals surface area (Å²) in [5.74, 6) is 1.74. The van der Waals surface area contributed by atoms with E-state index < -0.39 is 0 Å². The van der Waals surface area contributed by atoms with Crippen molar-refractivity contribution in [2.24, 2.45) is 0 Å². The van der Waals surface area contributed by atoms with Gasteiger partial charge in [-0.1, -0.05) is 12.8 Å². The zero-order valence-corrected chi connectivity index (χ0v) is 18.6. The van der Waals surface area contributed by atoms with Gasteiger partial charge in [0.05, 0.1) is 29.8 Å². The van der Waals surface area contributed by atoms with E-state index in [1.54, 1.807) is 34.9 Å². The Bertz CT molecular complexity index is 1190. The fraction of sp³-hybridized carbons (Fsp3) is 0.400. The second kappa shape index (κ2) is 9.85. The number of hydrogen-bond donors (Lipinski definition) is 1. The largest absolute Gasteiger partial charge is 0.494 e. The molecular weight excluding hydrogens is 406 g/mol. The van der Waals surface area contributed by atoms with Crippen LogP contribution >= 0.6 is 0 Å². The third-order valence-corrected chi connectivity index (χ3v) is 5.64. The van der Waals surface area contributed by atoms with Crippen LogP contribution in [-0.4, -0.2) is 28.7 Å². The molecule has 2 heterocycles. The lowest BCUT2D eigenvalue weighted by Gasteiger charge is -2.16. The van der Waals surface area contributed by atoms with Gasteiger partial charge in [-0.05, 0) is 57.0 Å². The van der Waals surface area contributed by atoms with Gasteiger partial charge in [0.15, 0.2) is 0 Å². The molecule has 0 unspecified atom stereocenters. The van der Waals surface area contributed by atoms with E-state index in [2.05, 4.69) is 5.32 Å². The molecule has 7 heteroatoms. The van der Waals surface area contributed by atoms with E-state index in [0.717, 1.165) is 37.9 Å². The summed E-state index contributed by atoms with van der Waals surface area (Å²) in [6, 6.07) is 10.4. The van der Waals surface area contributed by atoms with E-state index in [4.69, 9.17) is 14.5 Å². The van der Waals surface area contributed by atoms with Crippen LogP contribution in [0.3, 0.4) is 0 Å². The van der Waals surface area contributed by atoms with E-state index in [1.807, 2.05) is 19.9 Å². The zero-order valence-electron chi connectivity index (χ0n) is 18.6. The van der Waals surface area contributed by atoms with E-state index in [0.29, 0.717) is 53.4 Å². The average Bonchev–Trinajstić information content (AvgIpc) is 2.77. The van der Waals surface area contributed by atoms with Gasteiger partial charge < -0.3 is 14.8 Å². The number of aromatic nitrogens is 2. The van der Waals surface area contributed by atoms with Crippen LogP contribution in [0.15, 0.2) is 41.2 Å². The summed E-state index contributed by atoms with van der Waals surface area (Å²) < 4.78 is 13.0. The Labute approximate surface area is 187 Å². The van der Waals surface area contributed by atoms with Crippen molar-refractivity contribution in [3.05, 3.63) is 58.1 Å². The molecule has 4 rings (SSSR count). The van der Waals surface area contributed by atoms with Gasteiger partial charge in [0.25, 0.3) is 11.5 Å². The highest BCUT2D eigenvalue weighted by Crippen LogP contribution is 2.30. The molecule has 0 aliphatic carbocycles. The molecule has 1 amide bonds. The summed E-state index contributed by atoms with van der Waals surface area (Å²) in [5, 5.41) is 3.46. The van der Waals surface area contributed by atoms with Gasteiger partial charge in [0, 0.05) is 24.6 Å². The maximum absolute atomic E-state index is 13.0. The van der Waals surface area contributed by atoms with Crippen molar-refractivity contribution in [2.45, 2.75) is 52.5 Å². The fourth-order valence-electron chi connectivity index (χ4n) is 4.08. The molecular formula is C25H29N3O4. The molecule has 0 atom stereocenters. The van der Waals surface area contributed by atoms with Gasteiger partial charge >= 0.3 is 0 Å². The molecule has 1 N–H and O–H groups in total. The molecule has 7 nitrogen and oxygen atoms in total. The minimum Gasteiger partial charge on any atom is -0.494 e. The lowest BCUT2D eigenvalue weighted by atomic mass is 10.1. The summed E-state index contributed by atoms with van der Waals surface area (Å²) in [7, 11) is 0. The molecule has 3 aromatic rings. The molecule has 1 aromatic heterocycles. The number of carbonyl (C=O) groups is 1. The van der Waals surface area contributed by atoms with Crippen LogP contribution in [0.25, 0.3) is 10.9 Å². The van der Waals surface area contributed by atoms with Crippen LogP contribution in [0.5, 0.6) is 11.5 Å². The Morgan fingerprint density at radius 2 is 1.84 bits per heavy atom. The van der Waals surface area contributed by atoms with Gasteiger partial charge in [0.2, 0.25) is 0 Å². The van der Waals surface area contributed by atoms with E-state index in [-0.39, 0.29) is 11.5 Å². The summed E-state index contributed by atoms with van der Waals surface area (Å²) in [4.78, 5) is 30.8. The monoisotopic (exact) mass is 435 g/mol. The minimum absolute atomic E-state index is 0.0260. The molecule has 0 saturated heterocycles. The van der Waals surface area contributed by atoms with Crippen molar-refractivity contribution in [3.8, 4) is 11.5 Å². The predicted molar refractivity (Wildman–Crippen MR) is 125 cm³/mol. The molecule has 0 fully saturated rings. The number of ether oxygens (including phenoxy) is 2. The molecule has 0 saturated carbocycles. The number of carbonyl (C=O) groups excluding carboxylic acids is 1. The van der Waals surface area contributed by atoms with Crippen molar-refractivity contribution in [1.82, 2.24) is 9.55 Å². The summed E-state index contributed by atoms with van der Waals surface area (Å²) in [6.45, 7) is 5.50. The molecule has 0 spiro atoms. The fourth-order valence-corrected chi connectivity index (χ4v) is 4.08. The van der Waals surface area contributed by atoms with Gasteiger partial charge in [-0.15, -0.1) is 0 Å². The quantitative estimate of drug-likeness (QED) is 0.614. The predicted octanol–water partition coefficient (Wildman–Crippen LogP) is 4.56. The van der Waals surface area contributed by atoms with Crippen LogP contribution < -0.4 is 20.3 Å². The van der Waals surface area contributed by atoms with Crippen molar-refractivity contribution in [2.75, 3.05) is 18.5 Å². The second-order valence-corrected chi connectivity index (χ2v) is 7.86. The van der Waals surface area contributed by atoms with Crippen LogP contribution in [0, 0.1) is 0 Å². The van der Waals surface area contributed by atoms with Crippen molar-refractivity contribution in [3.63, 3.8) is 0 Å². The highest BCUT2D eigenvalue weighted by atomic mass is 16.5. The first-order valence-corrected chi connectivity index (χ1v) is 11.3. The van der Waals surface area contributed by atoms with Crippen LogP contribution in [-0.2, 0) is 13.0 Å². The lowest BCUT2D eigenvalue weighted by molar-refractivity contribution is 0.102. The summed E-state index contributed by atoms with van der Waals surface area (Å²) >= 11 is 0. The zero-order chi connectivity index (χ0) is 22.5. The third-order valence-electron chi connectivity index (χ3n) is 5.64. The molecule has 2 aromatic carbocycles.